The first-order chi connectivity index (χ1) is 10.1. The first-order valence-corrected chi connectivity index (χ1v) is 6.91. The van der Waals surface area contributed by atoms with E-state index < -0.39 is 0 Å². The van der Waals surface area contributed by atoms with Crippen LogP contribution in [-0.2, 0) is 17.8 Å². The number of anilines is 1. The summed E-state index contributed by atoms with van der Waals surface area (Å²) in [4.78, 5) is 11.5. The number of aromatic hydroxyl groups is 1. The van der Waals surface area contributed by atoms with Crippen molar-refractivity contribution in [1.29, 1.82) is 0 Å². The highest BCUT2D eigenvalue weighted by Crippen LogP contribution is 2.21. The average molecular weight is 284 g/mol. The Morgan fingerprint density at radius 1 is 1.14 bits per heavy atom. The van der Waals surface area contributed by atoms with Gasteiger partial charge < -0.3 is 15.7 Å². The van der Waals surface area contributed by atoms with E-state index >= 15 is 0 Å². The van der Waals surface area contributed by atoms with Crippen LogP contribution in [0.2, 0.25) is 0 Å². The molecule has 1 amide bonds. The van der Waals surface area contributed by atoms with Crippen LogP contribution in [0.1, 0.15) is 16.7 Å². The molecule has 0 aliphatic carbocycles. The molecule has 0 fully saturated rings. The fraction of sp³-hybridized carbons (Fsp3) is 0.235. The lowest BCUT2D eigenvalue weighted by atomic mass is 10.1. The number of para-hydroxylation sites is 1. The first kappa shape index (κ1) is 14.9. The summed E-state index contributed by atoms with van der Waals surface area (Å²) in [5.74, 6) is 0.250. The second kappa shape index (κ2) is 6.79. The molecule has 2 aromatic rings. The third-order valence-electron chi connectivity index (χ3n) is 3.35. The number of carbonyl (C=O) groups is 1. The van der Waals surface area contributed by atoms with Gasteiger partial charge in [-0.3, -0.25) is 4.79 Å². The molecule has 0 heterocycles. The van der Waals surface area contributed by atoms with Crippen molar-refractivity contribution in [2.75, 3.05) is 12.4 Å². The number of aryl methyl sites for hydroxylation is 1. The van der Waals surface area contributed by atoms with E-state index in [2.05, 4.69) is 10.6 Å². The molecule has 110 valence electrons. The van der Waals surface area contributed by atoms with Crippen molar-refractivity contribution in [2.45, 2.75) is 19.9 Å². The van der Waals surface area contributed by atoms with Gasteiger partial charge in [-0.2, -0.15) is 0 Å². The summed E-state index contributed by atoms with van der Waals surface area (Å²) < 4.78 is 0. The molecule has 0 unspecified atom stereocenters. The standard InChI is InChI=1S/C17H20N2O2/c1-12-7-8-16(20)14(9-12)11-19-15-6-4-3-5-13(15)10-17(21)18-2/h3-9,19-20H,10-11H2,1-2H3,(H,18,21). The summed E-state index contributed by atoms with van der Waals surface area (Å²) >= 11 is 0. The van der Waals surface area contributed by atoms with Gasteiger partial charge in [-0.05, 0) is 24.6 Å². The Hall–Kier alpha value is -2.49. The molecule has 0 saturated carbocycles. The molecule has 4 heteroatoms. The summed E-state index contributed by atoms with van der Waals surface area (Å²) in [6.45, 7) is 2.50. The quantitative estimate of drug-likeness (QED) is 0.791. The van der Waals surface area contributed by atoms with Gasteiger partial charge in [-0.1, -0.05) is 35.9 Å². The summed E-state index contributed by atoms with van der Waals surface area (Å²) in [5, 5.41) is 15.8. The van der Waals surface area contributed by atoms with Crippen molar-refractivity contribution in [2.24, 2.45) is 0 Å². The minimum atomic E-state index is -0.0253. The Balaban J connectivity index is 2.13. The molecule has 0 aromatic heterocycles. The summed E-state index contributed by atoms with van der Waals surface area (Å²) in [6.07, 6.45) is 0.333. The van der Waals surface area contributed by atoms with Crippen molar-refractivity contribution in [1.82, 2.24) is 5.32 Å². The Kier molecular flexibility index (Phi) is 4.82. The van der Waals surface area contributed by atoms with Crippen molar-refractivity contribution >= 4 is 11.6 Å². The monoisotopic (exact) mass is 284 g/mol. The highest BCUT2D eigenvalue weighted by atomic mass is 16.3. The summed E-state index contributed by atoms with van der Waals surface area (Å²) in [7, 11) is 1.63. The largest absolute Gasteiger partial charge is 0.508 e. The molecule has 2 rings (SSSR count). The number of phenols is 1. The van der Waals surface area contributed by atoms with Crippen LogP contribution in [0.15, 0.2) is 42.5 Å². The molecule has 0 radical (unpaired) electrons. The van der Waals surface area contributed by atoms with Crippen molar-refractivity contribution < 1.29 is 9.90 Å². The van der Waals surface area contributed by atoms with Crippen LogP contribution in [0.5, 0.6) is 5.75 Å². The van der Waals surface area contributed by atoms with Gasteiger partial charge in [-0.25, -0.2) is 0 Å². The minimum absolute atomic E-state index is 0.0253. The molecule has 0 saturated heterocycles. The van der Waals surface area contributed by atoms with Crippen LogP contribution in [-0.4, -0.2) is 18.1 Å². The van der Waals surface area contributed by atoms with Gasteiger partial charge in [0.05, 0.1) is 6.42 Å². The third kappa shape index (κ3) is 3.99. The van der Waals surface area contributed by atoms with Gasteiger partial charge in [0.1, 0.15) is 5.75 Å². The minimum Gasteiger partial charge on any atom is -0.508 e. The molecule has 0 aliphatic heterocycles. The van der Waals surface area contributed by atoms with E-state index in [1.807, 2.05) is 43.3 Å². The van der Waals surface area contributed by atoms with Crippen LogP contribution in [0, 0.1) is 6.92 Å². The van der Waals surface area contributed by atoms with Gasteiger partial charge in [0.15, 0.2) is 0 Å². The second-order valence-electron chi connectivity index (χ2n) is 4.99. The van der Waals surface area contributed by atoms with E-state index in [0.29, 0.717) is 13.0 Å². The Morgan fingerprint density at radius 3 is 2.67 bits per heavy atom. The van der Waals surface area contributed by atoms with E-state index in [1.165, 1.54) is 0 Å². The molecule has 3 N–H and O–H groups in total. The fourth-order valence-electron chi connectivity index (χ4n) is 2.15. The lowest BCUT2D eigenvalue weighted by molar-refractivity contribution is -0.119. The van der Waals surface area contributed by atoms with E-state index in [0.717, 1.165) is 22.4 Å². The molecule has 0 atom stereocenters. The Labute approximate surface area is 124 Å². The molecular formula is C17H20N2O2. The Bertz CT molecular complexity index is 638. The summed E-state index contributed by atoms with van der Waals surface area (Å²) in [6, 6.07) is 13.2. The molecular weight excluding hydrogens is 264 g/mol. The molecule has 0 aliphatic rings. The van der Waals surface area contributed by atoms with Gasteiger partial charge in [0, 0.05) is 24.8 Å². The van der Waals surface area contributed by atoms with E-state index in [1.54, 1.807) is 13.1 Å². The number of benzene rings is 2. The fourth-order valence-corrected chi connectivity index (χ4v) is 2.15. The number of carbonyl (C=O) groups excluding carboxylic acids is 1. The van der Waals surface area contributed by atoms with Crippen LogP contribution in [0.4, 0.5) is 5.69 Å². The average Bonchev–Trinajstić information content (AvgIpc) is 2.49. The second-order valence-corrected chi connectivity index (χ2v) is 4.99. The topological polar surface area (TPSA) is 61.4 Å². The van der Waals surface area contributed by atoms with Crippen LogP contribution >= 0.6 is 0 Å². The number of rotatable bonds is 5. The highest BCUT2D eigenvalue weighted by molar-refractivity contribution is 5.80. The number of amides is 1. The SMILES string of the molecule is CNC(=O)Cc1ccccc1NCc1cc(C)ccc1O. The van der Waals surface area contributed by atoms with Gasteiger partial charge in [0.2, 0.25) is 5.91 Å². The number of likely N-dealkylation sites (N-methyl/N-ethyl adjacent to an activating group) is 1. The van der Waals surface area contributed by atoms with Crippen LogP contribution in [0.25, 0.3) is 0 Å². The van der Waals surface area contributed by atoms with Crippen LogP contribution < -0.4 is 10.6 Å². The maximum absolute atomic E-state index is 11.5. The van der Waals surface area contributed by atoms with E-state index in [-0.39, 0.29) is 11.7 Å². The van der Waals surface area contributed by atoms with Gasteiger partial charge in [-0.15, -0.1) is 0 Å². The van der Waals surface area contributed by atoms with E-state index in [9.17, 15) is 9.90 Å². The zero-order chi connectivity index (χ0) is 15.2. The number of nitrogens with one attached hydrogen (secondary N) is 2. The molecule has 2 aromatic carbocycles. The maximum Gasteiger partial charge on any atom is 0.224 e. The normalized spacial score (nSPS) is 10.2. The lowest BCUT2D eigenvalue weighted by Crippen LogP contribution is -2.20. The van der Waals surface area contributed by atoms with Gasteiger partial charge >= 0.3 is 0 Å². The Morgan fingerprint density at radius 2 is 1.90 bits per heavy atom. The zero-order valence-electron chi connectivity index (χ0n) is 12.3. The number of hydrogen-bond acceptors (Lipinski definition) is 3. The lowest BCUT2D eigenvalue weighted by Gasteiger charge is -2.13. The smallest absolute Gasteiger partial charge is 0.224 e. The van der Waals surface area contributed by atoms with E-state index in [4.69, 9.17) is 0 Å². The first-order valence-electron chi connectivity index (χ1n) is 6.91. The van der Waals surface area contributed by atoms with Crippen molar-refractivity contribution in [3.8, 4) is 5.75 Å². The number of phenolic OH excluding ortho intramolecular Hbond substituents is 1. The van der Waals surface area contributed by atoms with Crippen molar-refractivity contribution in [3.05, 3.63) is 59.2 Å². The molecule has 21 heavy (non-hydrogen) atoms. The maximum atomic E-state index is 11.5. The van der Waals surface area contributed by atoms with Crippen molar-refractivity contribution in [3.63, 3.8) is 0 Å². The van der Waals surface area contributed by atoms with Gasteiger partial charge in [0.25, 0.3) is 0 Å². The summed E-state index contributed by atoms with van der Waals surface area (Å²) in [5.41, 5.74) is 3.78. The predicted molar refractivity (Wildman–Crippen MR) is 84.4 cm³/mol. The third-order valence-corrected chi connectivity index (χ3v) is 3.35. The highest BCUT2D eigenvalue weighted by Gasteiger charge is 2.07. The zero-order valence-corrected chi connectivity index (χ0v) is 12.3. The predicted octanol–water partition coefficient (Wildman–Crippen LogP) is 2.60. The molecule has 4 nitrogen and oxygen atoms in total. The molecule has 0 bridgehead atoms. The number of hydrogen-bond donors (Lipinski definition) is 3. The van der Waals surface area contributed by atoms with Crippen LogP contribution in [0.3, 0.4) is 0 Å². The molecule has 0 spiro atoms.